The molecule has 0 saturated carbocycles. The molecule has 4 rings (SSSR count). The van der Waals surface area contributed by atoms with Gasteiger partial charge in [0.25, 0.3) is 0 Å². The molecule has 0 unspecified atom stereocenters. The summed E-state index contributed by atoms with van der Waals surface area (Å²) in [5.41, 5.74) is 4.83. The van der Waals surface area contributed by atoms with Crippen molar-refractivity contribution in [2.24, 2.45) is 0 Å². The Bertz CT molecular complexity index is 692. The zero-order valence-corrected chi connectivity index (χ0v) is 13.4. The van der Waals surface area contributed by atoms with E-state index in [0.717, 1.165) is 37.2 Å². The van der Waals surface area contributed by atoms with Gasteiger partial charge in [-0.05, 0) is 73.6 Å². The number of nitrogens with one attached hydrogen (secondary N) is 1. The number of fused-ring (bicyclic) bond motifs is 1. The zero-order valence-electron chi connectivity index (χ0n) is 13.4. The summed E-state index contributed by atoms with van der Waals surface area (Å²) in [5, 5.41) is 3.61. The summed E-state index contributed by atoms with van der Waals surface area (Å²) in [6, 6.07) is 14.1. The number of piperidine rings is 1. The minimum Gasteiger partial charge on any atom is -0.378 e. The standard InChI is InChI=1S/C20H23FN2/c21-16-9-7-15-8-10-20(19(15)13-16)22-17-5-4-6-18(14-17)23-11-2-1-3-12-23/h4-7,9,13-14,20,22H,1-3,8,10-12H2/t20-/m0/s1. The number of nitrogens with zero attached hydrogens (tertiary/aromatic N) is 1. The van der Waals surface area contributed by atoms with E-state index in [4.69, 9.17) is 0 Å². The number of hydrogen-bond acceptors (Lipinski definition) is 2. The summed E-state index contributed by atoms with van der Waals surface area (Å²) in [6.45, 7) is 2.31. The molecule has 0 bridgehead atoms. The van der Waals surface area contributed by atoms with Gasteiger partial charge in [0.2, 0.25) is 0 Å². The van der Waals surface area contributed by atoms with Gasteiger partial charge in [0.15, 0.2) is 0 Å². The molecular weight excluding hydrogens is 287 g/mol. The molecule has 2 aromatic carbocycles. The summed E-state index contributed by atoms with van der Waals surface area (Å²) in [6.07, 6.45) is 5.98. The van der Waals surface area contributed by atoms with Crippen molar-refractivity contribution in [3.05, 3.63) is 59.4 Å². The van der Waals surface area contributed by atoms with Crippen LogP contribution in [0.1, 0.15) is 42.9 Å². The molecule has 1 aliphatic heterocycles. The monoisotopic (exact) mass is 310 g/mol. The van der Waals surface area contributed by atoms with Crippen LogP contribution in [0, 0.1) is 5.82 Å². The van der Waals surface area contributed by atoms with Gasteiger partial charge in [-0.2, -0.15) is 0 Å². The third-order valence-corrected chi connectivity index (χ3v) is 5.09. The first-order valence-electron chi connectivity index (χ1n) is 8.69. The van der Waals surface area contributed by atoms with Gasteiger partial charge in [0.1, 0.15) is 5.82 Å². The average Bonchev–Trinajstić information content (AvgIpc) is 2.98. The van der Waals surface area contributed by atoms with Crippen molar-refractivity contribution < 1.29 is 4.39 Å². The lowest BCUT2D eigenvalue weighted by atomic mass is 10.1. The van der Waals surface area contributed by atoms with Gasteiger partial charge in [-0.15, -0.1) is 0 Å². The quantitative estimate of drug-likeness (QED) is 0.866. The number of anilines is 2. The molecule has 1 aliphatic carbocycles. The summed E-state index contributed by atoms with van der Waals surface area (Å²) in [5.74, 6) is -0.139. The molecule has 1 N–H and O–H groups in total. The SMILES string of the molecule is Fc1ccc2c(c1)[C@@H](Nc1cccc(N3CCCCC3)c1)CC2. The topological polar surface area (TPSA) is 15.3 Å². The van der Waals surface area contributed by atoms with Gasteiger partial charge in [0.05, 0.1) is 6.04 Å². The Morgan fingerprint density at radius 2 is 1.87 bits per heavy atom. The number of rotatable bonds is 3. The van der Waals surface area contributed by atoms with E-state index in [-0.39, 0.29) is 11.9 Å². The highest BCUT2D eigenvalue weighted by atomic mass is 19.1. The molecule has 0 spiro atoms. The smallest absolute Gasteiger partial charge is 0.123 e. The third kappa shape index (κ3) is 3.05. The highest BCUT2D eigenvalue weighted by Crippen LogP contribution is 2.35. The van der Waals surface area contributed by atoms with Crippen LogP contribution in [-0.4, -0.2) is 13.1 Å². The number of halogens is 1. The molecule has 1 heterocycles. The van der Waals surface area contributed by atoms with E-state index in [1.807, 2.05) is 6.07 Å². The van der Waals surface area contributed by atoms with Crippen molar-refractivity contribution in [2.75, 3.05) is 23.3 Å². The van der Waals surface area contributed by atoms with Gasteiger partial charge < -0.3 is 10.2 Å². The Hall–Kier alpha value is -2.03. The third-order valence-electron chi connectivity index (χ3n) is 5.09. The predicted octanol–water partition coefficient (Wildman–Crippen LogP) is 4.92. The molecule has 1 atom stereocenters. The summed E-state index contributed by atoms with van der Waals surface area (Å²) in [4.78, 5) is 2.47. The van der Waals surface area contributed by atoms with E-state index >= 15 is 0 Å². The Kier molecular flexibility index (Phi) is 3.94. The molecule has 1 fully saturated rings. The van der Waals surface area contributed by atoms with Crippen LogP contribution in [0.3, 0.4) is 0 Å². The molecule has 0 amide bonds. The highest BCUT2D eigenvalue weighted by molar-refractivity contribution is 5.59. The summed E-state index contributed by atoms with van der Waals surface area (Å²) >= 11 is 0. The van der Waals surface area contributed by atoms with Crippen LogP contribution in [0.2, 0.25) is 0 Å². The fourth-order valence-corrected chi connectivity index (χ4v) is 3.87. The molecule has 120 valence electrons. The second-order valence-corrected chi connectivity index (χ2v) is 6.68. The highest BCUT2D eigenvalue weighted by Gasteiger charge is 2.23. The zero-order chi connectivity index (χ0) is 15.6. The Morgan fingerprint density at radius 3 is 2.74 bits per heavy atom. The number of aryl methyl sites for hydroxylation is 1. The van der Waals surface area contributed by atoms with E-state index in [9.17, 15) is 4.39 Å². The van der Waals surface area contributed by atoms with Crippen LogP contribution >= 0.6 is 0 Å². The second-order valence-electron chi connectivity index (χ2n) is 6.68. The van der Waals surface area contributed by atoms with Crippen molar-refractivity contribution in [3.8, 4) is 0 Å². The van der Waals surface area contributed by atoms with E-state index < -0.39 is 0 Å². The molecule has 1 saturated heterocycles. The van der Waals surface area contributed by atoms with Crippen LogP contribution in [0.4, 0.5) is 15.8 Å². The van der Waals surface area contributed by atoms with Crippen LogP contribution in [0.25, 0.3) is 0 Å². The van der Waals surface area contributed by atoms with E-state index in [2.05, 4.69) is 34.5 Å². The fraction of sp³-hybridized carbons (Fsp3) is 0.400. The van der Waals surface area contributed by atoms with Crippen molar-refractivity contribution >= 4 is 11.4 Å². The van der Waals surface area contributed by atoms with Crippen LogP contribution in [0.5, 0.6) is 0 Å². The van der Waals surface area contributed by atoms with E-state index in [0.29, 0.717) is 0 Å². The first-order valence-corrected chi connectivity index (χ1v) is 8.69. The predicted molar refractivity (Wildman–Crippen MR) is 93.6 cm³/mol. The molecule has 2 nitrogen and oxygen atoms in total. The number of hydrogen-bond donors (Lipinski definition) is 1. The van der Waals surface area contributed by atoms with Gasteiger partial charge in [-0.1, -0.05) is 12.1 Å². The summed E-state index contributed by atoms with van der Waals surface area (Å²) < 4.78 is 13.5. The molecule has 23 heavy (non-hydrogen) atoms. The lowest BCUT2D eigenvalue weighted by Crippen LogP contribution is -2.29. The van der Waals surface area contributed by atoms with Gasteiger partial charge >= 0.3 is 0 Å². The van der Waals surface area contributed by atoms with E-state index in [1.54, 1.807) is 12.1 Å². The van der Waals surface area contributed by atoms with E-state index in [1.165, 1.54) is 30.5 Å². The van der Waals surface area contributed by atoms with Gasteiger partial charge in [-0.3, -0.25) is 0 Å². The Labute approximate surface area is 137 Å². The van der Waals surface area contributed by atoms with Crippen LogP contribution in [0.15, 0.2) is 42.5 Å². The maximum Gasteiger partial charge on any atom is 0.123 e. The first kappa shape index (κ1) is 14.6. The van der Waals surface area contributed by atoms with Crippen LogP contribution < -0.4 is 10.2 Å². The molecule has 2 aliphatic rings. The lowest BCUT2D eigenvalue weighted by Gasteiger charge is -2.29. The van der Waals surface area contributed by atoms with Crippen LogP contribution in [-0.2, 0) is 6.42 Å². The maximum absolute atomic E-state index is 13.5. The molecular formula is C20H23FN2. The molecule has 3 heteroatoms. The molecule has 2 aromatic rings. The lowest BCUT2D eigenvalue weighted by molar-refractivity contribution is 0.578. The normalized spacial score (nSPS) is 20.4. The van der Waals surface area contributed by atoms with Crippen molar-refractivity contribution in [3.63, 3.8) is 0 Å². The van der Waals surface area contributed by atoms with Crippen molar-refractivity contribution in [1.82, 2.24) is 0 Å². The Balaban J connectivity index is 1.53. The molecule has 0 aromatic heterocycles. The first-order chi connectivity index (χ1) is 11.3. The minimum absolute atomic E-state index is 0.139. The second kappa shape index (κ2) is 6.23. The maximum atomic E-state index is 13.5. The molecule has 0 radical (unpaired) electrons. The average molecular weight is 310 g/mol. The van der Waals surface area contributed by atoms with Crippen molar-refractivity contribution in [2.45, 2.75) is 38.1 Å². The van der Waals surface area contributed by atoms with Gasteiger partial charge in [0, 0.05) is 24.5 Å². The Morgan fingerprint density at radius 1 is 1.00 bits per heavy atom. The summed E-state index contributed by atoms with van der Waals surface area (Å²) in [7, 11) is 0. The number of benzene rings is 2. The van der Waals surface area contributed by atoms with Gasteiger partial charge in [-0.25, -0.2) is 4.39 Å². The van der Waals surface area contributed by atoms with Crippen molar-refractivity contribution in [1.29, 1.82) is 0 Å². The largest absolute Gasteiger partial charge is 0.378 e. The fourth-order valence-electron chi connectivity index (χ4n) is 3.87. The minimum atomic E-state index is -0.139.